The molecule has 0 bridgehead atoms. The summed E-state index contributed by atoms with van der Waals surface area (Å²) < 4.78 is 21.5. The Morgan fingerprint density at radius 2 is 1.71 bits per heavy atom. The molecule has 0 aliphatic carbocycles. The monoisotopic (exact) mass is 471 g/mol. The highest BCUT2D eigenvalue weighted by molar-refractivity contribution is 5.86. The second kappa shape index (κ2) is 9.82. The third kappa shape index (κ3) is 4.74. The molecule has 3 aromatic carbocycles. The molecule has 2 heterocycles. The van der Waals surface area contributed by atoms with Gasteiger partial charge in [-0.1, -0.05) is 30.3 Å². The fourth-order valence-electron chi connectivity index (χ4n) is 5.09. The Bertz CT molecular complexity index is 1320. The lowest BCUT2D eigenvalue weighted by Crippen LogP contribution is -2.49. The number of nitrogens with zero attached hydrogens (tertiary/aromatic N) is 3. The van der Waals surface area contributed by atoms with Crippen LogP contribution in [0.5, 0.6) is 5.75 Å². The molecule has 1 aromatic heterocycles. The van der Waals surface area contributed by atoms with E-state index in [9.17, 15) is 9.18 Å². The summed E-state index contributed by atoms with van der Waals surface area (Å²) in [4.78, 5) is 17.7. The number of carbonyl (C=O) groups is 1. The van der Waals surface area contributed by atoms with Crippen LogP contribution in [-0.2, 0) is 11.8 Å². The first-order valence-corrected chi connectivity index (χ1v) is 12.0. The van der Waals surface area contributed by atoms with Gasteiger partial charge in [0.2, 0.25) is 5.91 Å². The summed E-state index contributed by atoms with van der Waals surface area (Å²) in [7, 11) is 3.67. The predicted octanol–water partition coefficient (Wildman–Crippen LogP) is 5.20. The van der Waals surface area contributed by atoms with E-state index >= 15 is 0 Å². The number of amides is 1. The number of carbonyl (C=O) groups excluding carboxylic acids is 1. The minimum Gasteiger partial charge on any atom is -0.497 e. The van der Waals surface area contributed by atoms with Gasteiger partial charge in [-0.15, -0.1) is 0 Å². The molecule has 0 unspecified atom stereocenters. The van der Waals surface area contributed by atoms with Gasteiger partial charge in [-0.25, -0.2) is 4.39 Å². The number of benzene rings is 3. The predicted molar refractivity (Wildman–Crippen MR) is 138 cm³/mol. The highest BCUT2D eigenvalue weighted by Gasteiger charge is 2.27. The zero-order valence-corrected chi connectivity index (χ0v) is 20.2. The summed E-state index contributed by atoms with van der Waals surface area (Å²) in [5.41, 5.74) is 4.11. The van der Waals surface area contributed by atoms with Crippen LogP contribution in [0.1, 0.15) is 23.5 Å². The number of piperazine rings is 1. The molecule has 0 N–H and O–H groups in total. The Kier molecular flexibility index (Phi) is 6.45. The van der Waals surface area contributed by atoms with Gasteiger partial charge in [0, 0.05) is 68.4 Å². The Morgan fingerprint density at radius 3 is 2.43 bits per heavy atom. The van der Waals surface area contributed by atoms with E-state index in [2.05, 4.69) is 39.9 Å². The number of hydrogen-bond acceptors (Lipinski definition) is 3. The van der Waals surface area contributed by atoms with Crippen molar-refractivity contribution in [3.05, 3.63) is 95.9 Å². The maximum absolute atomic E-state index is 14.2. The molecule has 1 saturated heterocycles. The molecular formula is C29H30FN3O2. The van der Waals surface area contributed by atoms with E-state index in [1.165, 1.54) is 6.07 Å². The molecule has 35 heavy (non-hydrogen) atoms. The zero-order valence-electron chi connectivity index (χ0n) is 20.2. The van der Waals surface area contributed by atoms with Gasteiger partial charge in [0.05, 0.1) is 7.11 Å². The van der Waals surface area contributed by atoms with Crippen LogP contribution in [0.4, 0.5) is 10.1 Å². The van der Waals surface area contributed by atoms with Crippen molar-refractivity contribution in [1.82, 2.24) is 9.47 Å². The first kappa shape index (κ1) is 23.0. The van der Waals surface area contributed by atoms with E-state index in [1.54, 1.807) is 19.2 Å². The summed E-state index contributed by atoms with van der Waals surface area (Å²) in [5.74, 6) is 0.429. The van der Waals surface area contributed by atoms with Gasteiger partial charge in [-0.2, -0.15) is 0 Å². The van der Waals surface area contributed by atoms with Gasteiger partial charge in [-0.05, 0) is 53.6 Å². The average molecular weight is 472 g/mol. The summed E-state index contributed by atoms with van der Waals surface area (Å²) >= 11 is 0. The third-order valence-electron chi connectivity index (χ3n) is 7.00. The molecule has 0 saturated carbocycles. The van der Waals surface area contributed by atoms with Crippen LogP contribution in [0.3, 0.4) is 0 Å². The molecule has 1 atom stereocenters. The fraction of sp³-hybridized carbons (Fsp3) is 0.276. The van der Waals surface area contributed by atoms with Gasteiger partial charge in [-0.3, -0.25) is 4.79 Å². The number of para-hydroxylation sites is 1. The molecule has 5 nitrogen and oxygen atoms in total. The second-order valence-electron chi connectivity index (χ2n) is 9.09. The van der Waals surface area contributed by atoms with Gasteiger partial charge in [0.25, 0.3) is 0 Å². The molecule has 0 radical (unpaired) electrons. The quantitative estimate of drug-likeness (QED) is 0.388. The Balaban J connectivity index is 1.35. The highest BCUT2D eigenvalue weighted by atomic mass is 19.1. The van der Waals surface area contributed by atoms with Crippen molar-refractivity contribution in [2.24, 2.45) is 7.05 Å². The van der Waals surface area contributed by atoms with E-state index in [0.717, 1.165) is 46.6 Å². The van der Waals surface area contributed by atoms with E-state index in [1.807, 2.05) is 42.3 Å². The SMILES string of the molecule is COc1ccc(N2CCN(C(=O)C[C@@H](c3cccc(F)c3)c3cn(C)c4ccccc34)CC2)cc1. The number of methoxy groups -OCH3 is 1. The topological polar surface area (TPSA) is 37.7 Å². The lowest BCUT2D eigenvalue weighted by atomic mass is 9.87. The van der Waals surface area contributed by atoms with Gasteiger partial charge < -0.3 is 19.1 Å². The van der Waals surface area contributed by atoms with E-state index in [4.69, 9.17) is 4.74 Å². The molecule has 1 fully saturated rings. The van der Waals surface area contributed by atoms with E-state index in [0.29, 0.717) is 19.5 Å². The smallest absolute Gasteiger partial charge is 0.223 e. The number of aromatic nitrogens is 1. The van der Waals surface area contributed by atoms with Gasteiger partial charge >= 0.3 is 0 Å². The van der Waals surface area contributed by atoms with Crippen molar-refractivity contribution in [2.45, 2.75) is 12.3 Å². The van der Waals surface area contributed by atoms with Crippen LogP contribution < -0.4 is 9.64 Å². The average Bonchev–Trinajstić information content (AvgIpc) is 3.23. The minimum absolute atomic E-state index is 0.0987. The van der Waals surface area contributed by atoms with E-state index < -0.39 is 0 Å². The maximum Gasteiger partial charge on any atom is 0.223 e. The van der Waals surface area contributed by atoms with Gasteiger partial charge in [0.15, 0.2) is 0 Å². The first-order chi connectivity index (χ1) is 17.0. The second-order valence-corrected chi connectivity index (χ2v) is 9.09. The molecule has 6 heteroatoms. The molecule has 1 aliphatic rings. The summed E-state index contributed by atoms with van der Waals surface area (Å²) in [6, 6.07) is 22.8. The van der Waals surface area contributed by atoms with Gasteiger partial charge in [0.1, 0.15) is 11.6 Å². The van der Waals surface area contributed by atoms with Crippen LogP contribution >= 0.6 is 0 Å². The van der Waals surface area contributed by atoms with Crippen LogP contribution in [0.15, 0.2) is 79.0 Å². The molecule has 0 spiro atoms. The molecular weight excluding hydrogens is 441 g/mol. The number of aryl methyl sites for hydroxylation is 1. The highest BCUT2D eigenvalue weighted by Crippen LogP contribution is 2.35. The van der Waals surface area contributed by atoms with Crippen molar-refractivity contribution in [2.75, 3.05) is 38.2 Å². The number of fused-ring (bicyclic) bond motifs is 1. The minimum atomic E-state index is -0.284. The Labute approximate surface area is 205 Å². The Hall–Kier alpha value is -3.80. The molecule has 1 amide bonds. The van der Waals surface area contributed by atoms with Crippen molar-refractivity contribution in [3.8, 4) is 5.75 Å². The summed E-state index contributed by atoms with van der Waals surface area (Å²) in [5, 5.41) is 1.10. The number of ether oxygens (including phenoxy) is 1. The van der Waals surface area contributed by atoms with E-state index in [-0.39, 0.29) is 17.6 Å². The normalized spacial score (nSPS) is 14.8. The number of hydrogen-bond donors (Lipinski definition) is 0. The van der Waals surface area contributed by atoms with Crippen molar-refractivity contribution >= 4 is 22.5 Å². The third-order valence-corrected chi connectivity index (χ3v) is 7.00. The van der Waals surface area contributed by atoms with Crippen molar-refractivity contribution in [3.63, 3.8) is 0 Å². The first-order valence-electron chi connectivity index (χ1n) is 12.0. The lowest BCUT2D eigenvalue weighted by Gasteiger charge is -2.36. The Morgan fingerprint density at radius 1 is 0.971 bits per heavy atom. The van der Waals surface area contributed by atoms with Crippen LogP contribution in [0, 0.1) is 5.82 Å². The zero-order chi connectivity index (χ0) is 24.4. The van der Waals surface area contributed by atoms with Crippen molar-refractivity contribution in [1.29, 1.82) is 0 Å². The molecule has 1 aliphatic heterocycles. The lowest BCUT2D eigenvalue weighted by molar-refractivity contribution is -0.131. The standard InChI is InChI=1S/C29H30FN3O2/c1-31-20-27(25-8-3-4-9-28(25)31)26(21-6-5-7-22(30)18-21)19-29(34)33-16-14-32(15-17-33)23-10-12-24(35-2)13-11-23/h3-13,18,20,26H,14-17,19H2,1-2H3/t26-/m0/s1. The van der Waals surface area contributed by atoms with Crippen molar-refractivity contribution < 1.29 is 13.9 Å². The number of halogens is 1. The largest absolute Gasteiger partial charge is 0.497 e. The number of anilines is 1. The van der Waals surface area contributed by atoms with Crippen LogP contribution in [0.25, 0.3) is 10.9 Å². The van der Waals surface area contributed by atoms with Crippen LogP contribution in [-0.4, -0.2) is 48.7 Å². The molecule has 5 rings (SSSR count). The molecule has 4 aromatic rings. The maximum atomic E-state index is 14.2. The fourth-order valence-corrected chi connectivity index (χ4v) is 5.09. The summed E-state index contributed by atoms with van der Waals surface area (Å²) in [6.07, 6.45) is 2.38. The summed E-state index contributed by atoms with van der Waals surface area (Å²) in [6.45, 7) is 2.88. The molecule has 180 valence electrons. The van der Waals surface area contributed by atoms with Crippen LogP contribution in [0.2, 0.25) is 0 Å². The number of rotatable bonds is 6.